The molecule has 0 bridgehead atoms. The number of pyridine rings is 1. The van der Waals surface area contributed by atoms with Crippen LogP contribution in [0.2, 0.25) is 0 Å². The number of hydrogen-bond acceptors (Lipinski definition) is 2. The van der Waals surface area contributed by atoms with Crippen LogP contribution in [0.15, 0.2) is 6.07 Å². The highest BCUT2D eigenvalue weighted by atomic mass is 16.1. The van der Waals surface area contributed by atoms with Crippen molar-refractivity contribution >= 4 is 11.6 Å². The first kappa shape index (κ1) is 8.23. The Kier molecular flexibility index (Phi) is 1.79. The van der Waals surface area contributed by atoms with Gasteiger partial charge in [-0.3, -0.25) is 9.78 Å². The van der Waals surface area contributed by atoms with Crippen LogP contribution in [-0.2, 0) is 11.2 Å². The molecule has 0 aliphatic carbocycles. The van der Waals surface area contributed by atoms with Crippen molar-refractivity contribution in [3.63, 3.8) is 0 Å². The summed E-state index contributed by atoms with van der Waals surface area (Å²) in [5.74, 6) is 0.0984. The van der Waals surface area contributed by atoms with Crippen LogP contribution in [0.5, 0.6) is 0 Å². The molecule has 0 unspecified atom stereocenters. The first-order valence-corrected chi connectivity index (χ1v) is 4.44. The average molecular weight is 176 g/mol. The van der Waals surface area contributed by atoms with Crippen LogP contribution in [-0.4, -0.2) is 10.9 Å². The Morgan fingerprint density at radius 1 is 1.38 bits per heavy atom. The molecule has 0 aromatic carbocycles. The second-order valence-electron chi connectivity index (χ2n) is 3.45. The summed E-state index contributed by atoms with van der Waals surface area (Å²) in [5, 5.41) is 2.85. The van der Waals surface area contributed by atoms with Crippen molar-refractivity contribution in [3.05, 3.63) is 23.0 Å². The number of amides is 1. The fraction of sp³-hybridized carbons (Fsp3) is 0.400. The Labute approximate surface area is 77.2 Å². The van der Waals surface area contributed by atoms with Crippen molar-refractivity contribution in [1.29, 1.82) is 0 Å². The number of rotatable bonds is 0. The standard InChI is InChI=1S/C10H12N2O/c1-6-5-7(2)11-8-3-4-9(13)12-10(6)8/h5H,3-4H2,1-2H3,(H,12,13). The lowest BCUT2D eigenvalue weighted by molar-refractivity contribution is -0.116. The molecule has 1 aromatic rings. The molecule has 3 nitrogen and oxygen atoms in total. The number of anilines is 1. The molecular formula is C10H12N2O. The number of fused-ring (bicyclic) bond motifs is 1. The smallest absolute Gasteiger partial charge is 0.224 e. The van der Waals surface area contributed by atoms with Gasteiger partial charge in [0.15, 0.2) is 0 Å². The fourth-order valence-corrected chi connectivity index (χ4v) is 1.70. The fourth-order valence-electron chi connectivity index (χ4n) is 1.70. The SMILES string of the molecule is Cc1cc(C)c2c(n1)CCC(=O)N2. The van der Waals surface area contributed by atoms with Crippen LogP contribution in [0, 0.1) is 13.8 Å². The summed E-state index contributed by atoms with van der Waals surface area (Å²) in [4.78, 5) is 15.5. The topological polar surface area (TPSA) is 42.0 Å². The van der Waals surface area contributed by atoms with E-state index in [0.29, 0.717) is 6.42 Å². The largest absolute Gasteiger partial charge is 0.324 e. The van der Waals surface area contributed by atoms with E-state index in [1.165, 1.54) is 0 Å². The second kappa shape index (κ2) is 2.83. The number of hydrogen-bond donors (Lipinski definition) is 1. The number of carbonyl (C=O) groups excluding carboxylic acids is 1. The van der Waals surface area contributed by atoms with Gasteiger partial charge in [-0.15, -0.1) is 0 Å². The molecule has 1 amide bonds. The van der Waals surface area contributed by atoms with Crippen molar-refractivity contribution in [2.45, 2.75) is 26.7 Å². The predicted octanol–water partition coefficient (Wildman–Crippen LogP) is 1.58. The summed E-state index contributed by atoms with van der Waals surface area (Å²) in [7, 11) is 0. The van der Waals surface area contributed by atoms with E-state index in [1.54, 1.807) is 0 Å². The van der Waals surface area contributed by atoms with E-state index in [2.05, 4.69) is 10.3 Å². The Morgan fingerprint density at radius 3 is 2.92 bits per heavy atom. The molecule has 0 fully saturated rings. The number of aryl methyl sites for hydroxylation is 3. The molecule has 0 saturated heterocycles. The van der Waals surface area contributed by atoms with Gasteiger partial charge in [-0.1, -0.05) is 0 Å². The Bertz CT molecular complexity index is 371. The highest BCUT2D eigenvalue weighted by Gasteiger charge is 2.17. The zero-order valence-electron chi connectivity index (χ0n) is 7.85. The number of carbonyl (C=O) groups is 1. The first-order valence-electron chi connectivity index (χ1n) is 4.44. The van der Waals surface area contributed by atoms with Gasteiger partial charge in [0.1, 0.15) is 0 Å². The molecular weight excluding hydrogens is 164 g/mol. The molecule has 2 rings (SSSR count). The molecule has 3 heteroatoms. The van der Waals surface area contributed by atoms with Gasteiger partial charge in [0.05, 0.1) is 11.4 Å². The van der Waals surface area contributed by atoms with Crippen LogP contribution >= 0.6 is 0 Å². The lowest BCUT2D eigenvalue weighted by Gasteiger charge is -2.18. The summed E-state index contributed by atoms with van der Waals surface area (Å²) in [6.45, 7) is 3.98. The van der Waals surface area contributed by atoms with Crippen LogP contribution in [0.3, 0.4) is 0 Å². The molecule has 0 radical (unpaired) electrons. The minimum absolute atomic E-state index is 0.0984. The van der Waals surface area contributed by atoms with E-state index in [0.717, 1.165) is 29.1 Å². The molecule has 1 aliphatic heterocycles. The number of nitrogens with zero attached hydrogens (tertiary/aromatic N) is 1. The minimum Gasteiger partial charge on any atom is -0.324 e. The van der Waals surface area contributed by atoms with Crippen molar-refractivity contribution in [1.82, 2.24) is 4.98 Å². The average Bonchev–Trinajstić information content (AvgIpc) is 2.06. The van der Waals surface area contributed by atoms with Gasteiger partial charge in [0.2, 0.25) is 5.91 Å². The quantitative estimate of drug-likeness (QED) is 0.652. The Hall–Kier alpha value is -1.38. The van der Waals surface area contributed by atoms with Crippen LogP contribution in [0.1, 0.15) is 23.4 Å². The van der Waals surface area contributed by atoms with Crippen LogP contribution in [0.25, 0.3) is 0 Å². The maximum Gasteiger partial charge on any atom is 0.224 e. The van der Waals surface area contributed by atoms with E-state index in [9.17, 15) is 4.79 Å². The predicted molar refractivity (Wildman–Crippen MR) is 50.7 cm³/mol. The zero-order chi connectivity index (χ0) is 9.42. The second-order valence-corrected chi connectivity index (χ2v) is 3.45. The summed E-state index contributed by atoms with van der Waals surface area (Å²) in [5.41, 5.74) is 4.07. The lowest BCUT2D eigenvalue weighted by Crippen LogP contribution is -2.21. The maximum atomic E-state index is 11.1. The Morgan fingerprint density at radius 2 is 2.15 bits per heavy atom. The third-order valence-electron chi connectivity index (χ3n) is 2.27. The molecule has 68 valence electrons. The number of aromatic nitrogens is 1. The molecule has 0 saturated carbocycles. The van der Waals surface area contributed by atoms with Gasteiger partial charge in [-0.05, 0) is 25.5 Å². The summed E-state index contributed by atoms with van der Waals surface area (Å²) < 4.78 is 0. The van der Waals surface area contributed by atoms with Crippen molar-refractivity contribution < 1.29 is 4.79 Å². The van der Waals surface area contributed by atoms with Crippen molar-refractivity contribution in [2.75, 3.05) is 5.32 Å². The molecule has 1 N–H and O–H groups in total. The molecule has 0 spiro atoms. The summed E-state index contributed by atoms with van der Waals surface area (Å²) in [6.07, 6.45) is 1.33. The first-order chi connectivity index (χ1) is 6.16. The van der Waals surface area contributed by atoms with E-state index < -0.39 is 0 Å². The third-order valence-corrected chi connectivity index (χ3v) is 2.27. The maximum absolute atomic E-state index is 11.1. The van der Waals surface area contributed by atoms with E-state index in [-0.39, 0.29) is 5.91 Å². The summed E-state index contributed by atoms with van der Waals surface area (Å²) >= 11 is 0. The molecule has 1 aromatic heterocycles. The van der Waals surface area contributed by atoms with Gasteiger partial charge < -0.3 is 5.32 Å². The van der Waals surface area contributed by atoms with Crippen molar-refractivity contribution in [3.8, 4) is 0 Å². The van der Waals surface area contributed by atoms with Crippen LogP contribution < -0.4 is 5.32 Å². The highest BCUT2D eigenvalue weighted by Crippen LogP contribution is 2.24. The van der Waals surface area contributed by atoms with E-state index in [1.807, 2.05) is 19.9 Å². The monoisotopic (exact) mass is 176 g/mol. The third kappa shape index (κ3) is 1.41. The summed E-state index contributed by atoms with van der Waals surface area (Å²) in [6, 6.07) is 1.99. The van der Waals surface area contributed by atoms with E-state index in [4.69, 9.17) is 0 Å². The lowest BCUT2D eigenvalue weighted by atomic mass is 10.0. The zero-order valence-corrected chi connectivity index (χ0v) is 7.85. The highest BCUT2D eigenvalue weighted by molar-refractivity contribution is 5.94. The Balaban J connectivity index is 2.53. The molecule has 0 atom stereocenters. The minimum atomic E-state index is 0.0984. The van der Waals surface area contributed by atoms with Gasteiger partial charge in [0, 0.05) is 18.5 Å². The van der Waals surface area contributed by atoms with Crippen molar-refractivity contribution in [2.24, 2.45) is 0 Å². The normalized spacial score (nSPS) is 15.1. The van der Waals surface area contributed by atoms with Gasteiger partial charge in [-0.2, -0.15) is 0 Å². The van der Waals surface area contributed by atoms with Gasteiger partial charge in [0.25, 0.3) is 0 Å². The molecule has 2 heterocycles. The van der Waals surface area contributed by atoms with Crippen LogP contribution in [0.4, 0.5) is 5.69 Å². The van der Waals surface area contributed by atoms with Gasteiger partial charge in [-0.25, -0.2) is 0 Å². The molecule has 13 heavy (non-hydrogen) atoms. The molecule has 1 aliphatic rings. The van der Waals surface area contributed by atoms with E-state index >= 15 is 0 Å². The van der Waals surface area contributed by atoms with Gasteiger partial charge >= 0.3 is 0 Å². The number of nitrogens with one attached hydrogen (secondary N) is 1.